The minimum Gasteiger partial charge on any atom is -0.508 e. The van der Waals surface area contributed by atoms with Crippen LogP contribution in [0.2, 0.25) is 0 Å². The van der Waals surface area contributed by atoms with Crippen LogP contribution in [0.25, 0.3) is 5.57 Å². The molecule has 0 amide bonds. The minimum absolute atomic E-state index is 0.136. The summed E-state index contributed by atoms with van der Waals surface area (Å²) in [5.74, 6) is 0.969. The predicted octanol–water partition coefficient (Wildman–Crippen LogP) is 7.53. The third-order valence-electron chi connectivity index (χ3n) is 7.72. The molecule has 3 aromatic rings. The second-order valence-corrected chi connectivity index (χ2v) is 10.7. The van der Waals surface area contributed by atoms with Gasteiger partial charge in [0, 0.05) is 18.0 Å². The van der Waals surface area contributed by atoms with Crippen LogP contribution in [0.4, 0.5) is 0 Å². The van der Waals surface area contributed by atoms with E-state index >= 15 is 0 Å². The molecule has 0 radical (unpaired) electrons. The highest BCUT2D eigenvalue weighted by Crippen LogP contribution is 2.39. The maximum absolute atomic E-state index is 11.2. The molecule has 0 bridgehead atoms. The zero-order valence-corrected chi connectivity index (χ0v) is 24.1. The van der Waals surface area contributed by atoms with Crippen molar-refractivity contribution in [3.05, 3.63) is 126 Å². The Labute approximate surface area is 240 Å². The Kier molecular flexibility index (Phi) is 10.7. The topological polar surface area (TPSA) is 48.8 Å². The van der Waals surface area contributed by atoms with Gasteiger partial charge in [0.25, 0.3) is 0 Å². The SMILES string of the molecule is C=C/C(O)=C(/C(=C)c1ccc(OCc2ccccc2)c(C)c1)C(c1ccncc1)N(C)CCCN1CCCCC1. The van der Waals surface area contributed by atoms with Crippen LogP contribution in [0.1, 0.15) is 54.0 Å². The molecule has 2 heterocycles. The van der Waals surface area contributed by atoms with E-state index in [4.69, 9.17) is 4.74 Å². The molecule has 1 aromatic heterocycles. The molecule has 1 unspecified atom stereocenters. The lowest BCUT2D eigenvalue weighted by atomic mass is 9.87. The molecule has 5 heteroatoms. The van der Waals surface area contributed by atoms with Crippen molar-refractivity contribution in [1.82, 2.24) is 14.8 Å². The highest BCUT2D eigenvalue weighted by Gasteiger charge is 2.27. The van der Waals surface area contributed by atoms with Crippen LogP contribution in [-0.4, -0.2) is 53.1 Å². The van der Waals surface area contributed by atoms with E-state index < -0.39 is 0 Å². The Morgan fingerprint density at radius 1 is 1.07 bits per heavy atom. The molecule has 0 aliphatic carbocycles. The summed E-state index contributed by atoms with van der Waals surface area (Å²) in [4.78, 5) is 9.12. The van der Waals surface area contributed by atoms with Crippen molar-refractivity contribution in [2.24, 2.45) is 0 Å². The first-order valence-electron chi connectivity index (χ1n) is 14.3. The van der Waals surface area contributed by atoms with Crippen LogP contribution in [-0.2, 0) is 6.61 Å². The van der Waals surface area contributed by atoms with Crippen molar-refractivity contribution < 1.29 is 9.84 Å². The number of pyridine rings is 1. The molecular weight excluding hydrogens is 494 g/mol. The number of allylic oxidation sites excluding steroid dienone is 1. The van der Waals surface area contributed by atoms with Gasteiger partial charge in [0.2, 0.25) is 0 Å². The molecule has 0 spiro atoms. The largest absolute Gasteiger partial charge is 0.508 e. The van der Waals surface area contributed by atoms with Crippen LogP contribution in [0.5, 0.6) is 5.75 Å². The summed E-state index contributed by atoms with van der Waals surface area (Å²) in [7, 11) is 2.12. The zero-order chi connectivity index (χ0) is 28.3. The van der Waals surface area contributed by atoms with Gasteiger partial charge < -0.3 is 14.7 Å². The number of aryl methyl sites for hydroxylation is 1. The average Bonchev–Trinajstić information content (AvgIpc) is 3.00. The second-order valence-electron chi connectivity index (χ2n) is 10.7. The summed E-state index contributed by atoms with van der Waals surface area (Å²) in [6, 6.07) is 20.1. The first-order valence-corrected chi connectivity index (χ1v) is 14.3. The van der Waals surface area contributed by atoms with Crippen molar-refractivity contribution in [3.63, 3.8) is 0 Å². The Hall–Kier alpha value is -3.67. The molecule has 1 N–H and O–H groups in total. The smallest absolute Gasteiger partial charge is 0.122 e. The summed E-state index contributed by atoms with van der Waals surface area (Å²) >= 11 is 0. The first-order chi connectivity index (χ1) is 19.5. The fraction of sp³-hybridized carbons (Fsp3) is 0.343. The number of ether oxygens (including phenoxy) is 1. The van der Waals surface area contributed by atoms with Gasteiger partial charge in [-0.2, -0.15) is 0 Å². The Morgan fingerprint density at radius 3 is 2.48 bits per heavy atom. The van der Waals surface area contributed by atoms with Crippen molar-refractivity contribution in [2.45, 2.75) is 45.3 Å². The van der Waals surface area contributed by atoms with Crippen molar-refractivity contribution >= 4 is 5.57 Å². The maximum atomic E-state index is 11.2. The van der Waals surface area contributed by atoms with Gasteiger partial charge in [0.05, 0.1) is 6.04 Å². The highest BCUT2D eigenvalue weighted by atomic mass is 16.5. The van der Waals surface area contributed by atoms with Crippen LogP contribution < -0.4 is 4.74 Å². The number of likely N-dealkylation sites (tertiary alicyclic amines) is 1. The predicted molar refractivity (Wildman–Crippen MR) is 165 cm³/mol. The average molecular weight is 538 g/mol. The van der Waals surface area contributed by atoms with Gasteiger partial charge in [-0.1, -0.05) is 56.0 Å². The quantitative estimate of drug-likeness (QED) is 0.180. The molecule has 40 heavy (non-hydrogen) atoms. The monoisotopic (exact) mass is 537 g/mol. The third kappa shape index (κ3) is 7.71. The number of rotatable bonds is 13. The van der Waals surface area contributed by atoms with Gasteiger partial charge >= 0.3 is 0 Å². The van der Waals surface area contributed by atoms with Crippen LogP contribution in [0.3, 0.4) is 0 Å². The minimum atomic E-state index is -0.204. The number of aliphatic hydroxyl groups excluding tert-OH is 1. The lowest BCUT2D eigenvalue weighted by Crippen LogP contribution is -2.34. The van der Waals surface area contributed by atoms with Crippen molar-refractivity contribution in [2.75, 3.05) is 33.2 Å². The van der Waals surface area contributed by atoms with Crippen LogP contribution >= 0.6 is 0 Å². The fourth-order valence-electron chi connectivity index (χ4n) is 5.50. The Morgan fingerprint density at radius 2 is 1.80 bits per heavy atom. The molecule has 210 valence electrons. The molecule has 4 rings (SSSR count). The summed E-state index contributed by atoms with van der Waals surface area (Å²) in [6.07, 6.45) is 10.1. The fourth-order valence-corrected chi connectivity index (χ4v) is 5.50. The molecule has 0 saturated carbocycles. The van der Waals surface area contributed by atoms with Gasteiger partial charge in [-0.05, 0) is 118 Å². The molecular formula is C35H43N3O2. The number of hydrogen-bond donors (Lipinski definition) is 1. The number of likely N-dealkylation sites (N-methyl/N-ethyl adjacent to an activating group) is 1. The third-order valence-corrected chi connectivity index (χ3v) is 7.72. The lowest BCUT2D eigenvalue weighted by Gasteiger charge is -2.33. The second kappa shape index (κ2) is 14.6. The van der Waals surface area contributed by atoms with E-state index in [0.29, 0.717) is 6.61 Å². The molecule has 1 aliphatic heterocycles. The number of aromatic nitrogens is 1. The van der Waals surface area contributed by atoms with Gasteiger partial charge in [-0.15, -0.1) is 0 Å². The van der Waals surface area contributed by atoms with E-state index in [1.165, 1.54) is 38.4 Å². The van der Waals surface area contributed by atoms with E-state index in [9.17, 15) is 5.11 Å². The molecule has 5 nitrogen and oxygen atoms in total. The standard InChI is InChI=1S/C35H43N3O2/c1-5-32(39)34(28(3)31-15-16-33(27(2)25-31)40-26-29-13-8-6-9-14-29)35(30-17-19-36-20-18-30)37(4)21-12-24-38-22-10-7-11-23-38/h5-6,8-9,13-20,25,35,39H,1,3,7,10-12,21-24,26H2,2,4H3/b34-32+. The van der Waals surface area contributed by atoms with Gasteiger partial charge in [0.1, 0.15) is 18.1 Å². The van der Waals surface area contributed by atoms with Crippen LogP contribution in [0, 0.1) is 6.92 Å². The van der Waals surface area contributed by atoms with Crippen molar-refractivity contribution in [3.8, 4) is 5.75 Å². The first kappa shape index (κ1) is 29.3. The van der Waals surface area contributed by atoms with E-state index in [1.807, 2.05) is 49.4 Å². The van der Waals surface area contributed by atoms with E-state index in [0.717, 1.165) is 58.7 Å². The normalized spacial score (nSPS) is 15.4. The number of nitrogens with zero attached hydrogens (tertiary/aromatic N) is 3. The maximum Gasteiger partial charge on any atom is 0.122 e. The molecule has 1 aliphatic rings. The Balaban J connectivity index is 1.56. The molecule has 2 aromatic carbocycles. The zero-order valence-electron chi connectivity index (χ0n) is 24.1. The van der Waals surface area contributed by atoms with E-state index in [-0.39, 0.29) is 11.8 Å². The molecule has 1 saturated heterocycles. The van der Waals surface area contributed by atoms with Gasteiger partial charge in [-0.25, -0.2) is 0 Å². The lowest BCUT2D eigenvalue weighted by molar-refractivity contribution is 0.201. The van der Waals surface area contributed by atoms with E-state index in [2.05, 4.69) is 53.2 Å². The highest BCUT2D eigenvalue weighted by molar-refractivity contribution is 5.80. The van der Waals surface area contributed by atoms with Crippen molar-refractivity contribution in [1.29, 1.82) is 0 Å². The molecule has 1 atom stereocenters. The summed E-state index contributed by atoms with van der Waals surface area (Å²) in [5, 5.41) is 11.2. The number of piperidine rings is 1. The summed E-state index contributed by atoms with van der Waals surface area (Å²) in [6.45, 7) is 15.3. The number of aliphatic hydroxyl groups is 1. The van der Waals surface area contributed by atoms with E-state index in [1.54, 1.807) is 12.4 Å². The van der Waals surface area contributed by atoms with Crippen LogP contribution in [0.15, 0.2) is 104 Å². The number of hydrogen-bond acceptors (Lipinski definition) is 5. The Bertz CT molecular complexity index is 1280. The number of benzene rings is 2. The summed E-state index contributed by atoms with van der Waals surface area (Å²) < 4.78 is 6.11. The molecule has 1 fully saturated rings. The van der Waals surface area contributed by atoms with Gasteiger partial charge in [-0.3, -0.25) is 9.88 Å². The summed E-state index contributed by atoms with van der Waals surface area (Å²) in [5.41, 5.74) is 5.65. The van der Waals surface area contributed by atoms with Gasteiger partial charge in [0.15, 0.2) is 0 Å².